The van der Waals surface area contributed by atoms with Crippen molar-refractivity contribution in [1.29, 1.82) is 0 Å². The number of rotatable bonds is 0. The third kappa shape index (κ3) is 0.845. The van der Waals surface area contributed by atoms with Gasteiger partial charge >= 0.3 is 0 Å². The molecule has 0 aliphatic rings. The summed E-state index contributed by atoms with van der Waals surface area (Å²) in [6.07, 6.45) is 1.68. The van der Waals surface area contributed by atoms with E-state index in [1.54, 1.807) is 19.3 Å². The van der Waals surface area contributed by atoms with Crippen LogP contribution in [0, 0.1) is 6.92 Å². The number of aromatic nitrogens is 3. The lowest BCUT2D eigenvalue weighted by Crippen LogP contribution is -1.89. The van der Waals surface area contributed by atoms with E-state index in [1.165, 1.54) is 0 Å². The Labute approximate surface area is 69.5 Å². The highest BCUT2D eigenvalue weighted by atomic mass is 16.3. The average Bonchev–Trinajstić information content (AvgIpc) is 2.35. The monoisotopic (exact) mass is 163 g/mol. The van der Waals surface area contributed by atoms with Gasteiger partial charge < -0.3 is 9.67 Å². The third-order valence-electron chi connectivity index (χ3n) is 1.85. The fourth-order valence-electron chi connectivity index (χ4n) is 1.13. The van der Waals surface area contributed by atoms with Gasteiger partial charge in [0.05, 0.1) is 12.0 Å². The maximum atomic E-state index is 9.31. The summed E-state index contributed by atoms with van der Waals surface area (Å²) in [5, 5.41) is 9.31. The average molecular weight is 163 g/mol. The number of hydrogen-bond acceptors (Lipinski definition) is 3. The molecule has 0 fully saturated rings. The Morgan fingerprint density at radius 2 is 2.25 bits per heavy atom. The van der Waals surface area contributed by atoms with Crippen molar-refractivity contribution in [1.82, 2.24) is 14.5 Å². The van der Waals surface area contributed by atoms with Gasteiger partial charge in [-0.25, -0.2) is 9.97 Å². The van der Waals surface area contributed by atoms with Crippen LogP contribution in [-0.2, 0) is 7.05 Å². The van der Waals surface area contributed by atoms with Crippen LogP contribution in [0.3, 0.4) is 0 Å². The van der Waals surface area contributed by atoms with Gasteiger partial charge in [-0.1, -0.05) is 0 Å². The Kier molecular flexibility index (Phi) is 1.30. The van der Waals surface area contributed by atoms with Gasteiger partial charge in [0.25, 0.3) is 0 Å². The van der Waals surface area contributed by atoms with Gasteiger partial charge in [0.1, 0.15) is 11.3 Å². The summed E-state index contributed by atoms with van der Waals surface area (Å²) in [7, 11) is 1.87. The molecule has 0 saturated carbocycles. The van der Waals surface area contributed by atoms with Gasteiger partial charge in [-0.15, -0.1) is 0 Å². The molecule has 0 unspecified atom stereocenters. The molecule has 0 saturated heterocycles. The quantitative estimate of drug-likeness (QED) is 0.629. The van der Waals surface area contributed by atoms with Crippen molar-refractivity contribution in [3.05, 3.63) is 18.1 Å². The number of imidazole rings is 1. The molecule has 0 bridgehead atoms. The Balaban J connectivity index is 2.87. The van der Waals surface area contributed by atoms with Crippen molar-refractivity contribution in [2.24, 2.45) is 7.05 Å². The maximum Gasteiger partial charge on any atom is 0.160 e. The number of nitrogens with zero attached hydrogens (tertiary/aromatic N) is 3. The molecule has 4 nitrogen and oxygen atoms in total. The highest BCUT2D eigenvalue weighted by Crippen LogP contribution is 2.18. The lowest BCUT2D eigenvalue weighted by molar-refractivity contribution is 0.468. The van der Waals surface area contributed by atoms with E-state index in [-0.39, 0.29) is 5.75 Å². The minimum Gasteiger partial charge on any atom is -0.506 e. The van der Waals surface area contributed by atoms with Gasteiger partial charge in [-0.05, 0) is 6.92 Å². The zero-order valence-corrected chi connectivity index (χ0v) is 6.94. The fraction of sp³-hybridized carbons (Fsp3) is 0.250. The molecule has 2 aromatic heterocycles. The number of aromatic hydroxyl groups is 1. The highest BCUT2D eigenvalue weighted by Gasteiger charge is 2.04. The van der Waals surface area contributed by atoms with Crippen LogP contribution in [0.5, 0.6) is 5.75 Å². The molecule has 0 aliphatic carbocycles. The normalized spacial score (nSPS) is 10.8. The van der Waals surface area contributed by atoms with E-state index in [1.807, 2.05) is 11.6 Å². The lowest BCUT2D eigenvalue weighted by atomic mass is 10.3. The van der Waals surface area contributed by atoms with Crippen molar-refractivity contribution >= 4 is 11.2 Å². The van der Waals surface area contributed by atoms with Gasteiger partial charge in [0.2, 0.25) is 0 Å². The SMILES string of the molecule is Cc1nc2c(cc1O)ncn2C. The van der Waals surface area contributed by atoms with Gasteiger partial charge in [0, 0.05) is 13.1 Å². The van der Waals surface area contributed by atoms with E-state index in [9.17, 15) is 5.11 Å². The molecule has 2 rings (SSSR count). The molecule has 0 amide bonds. The topological polar surface area (TPSA) is 50.9 Å². The zero-order valence-electron chi connectivity index (χ0n) is 6.94. The van der Waals surface area contributed by atoms with Crippen LogP contribution in [-0.4, -0.2) is 19.6 Å². The van der Waals surface area contributed by atoms with Gasteiger partial charge in [0.15, 0.2) is 5.65 Å². The molecule has 0 aliphatic heterocycles. The molecular weight excluding hydrogens is 154 g/mol. The molecule has 62 valence electrons. The minimum atomic E-state index is 0.196. The van der Waals surface area contributed by atoms with Crippen LogP contribution in [0.4, 0.5) is 0 Å². The second kappa shape index (κ2) is 2.20. The maximum absolute atomic E-state index is 9.31. The molecule has 0 atom stereocenters. The molecule has 0 radical (unpaired) electrons. The van der Waals surface area contributed by atoms with Crippen molar-refractivity contribution in [2.75, 3.05) is 0 Å². The predicted octanol–water partition coefficient (Wildman–Crippen LogP) is 0.982. The molecule has 1 N–H and O–H groups in total. The summed E-state index contributed by atoms with van der Waals surface area (Å²) in [5.41, 5.74) is 2.15. The zero-order chi connectivity index (χ0) is 8.72. The summed E-state index contributed by atoms with van der Waals surface area (Å²) < 4.78 is 1.82. The van der Waals surface area contributed by atoms with Crippen LogP contribution < -0.4 is 0 Å². The van der Waals surface area contributed by atoms with Crippen LogP contribution >= 0.6 is 0 Å². The van der Waals surface area contributed by atoms with E-state index < -0.39 is 0 Å². The van der Waals surface area contributed by atoms with Gasteiger partial charge in [-0.3, -0.25) is 0 Å². The number of aryl methyl sites for hydroxylation is 2. The molecule has 2 heterocycles. The van der Waals surface area contributed by atoms with Crippen molar-refractivity contribution < 1.29 is 5.11 Å². The second-order valence-electron chi connectivity index (χ2n) is 2.79. The lowest BCUT2D eigenvalue weighted by Gasteiger charge is -1.97. The predicted molar refractivity (Wildman–Crippen MR) is 44.9 cm³/mol. The van der Waals surface area contributed by atoms with Crippen LogP contribution in [0.15, 0.2) is 12.4 Å². The van der Waals surface area contributed by atoms with Gasteiger partial charge in [-0.2, -0.15) is 0 Å². The molecular formula is C8H9N3O. The first-order chi connectivity index (χ1) is 5.68. The smallest absolute Gasteiger partial charge is 0.160 e. The Morgan fingerprint density at radius 1 is 1.50 bits per heavy atom. The Morgan fingerprint density at radius 3 is 3.00 bits per heavy atom. The molecule has 2 aromatic rings. The number of hydrogen-bond donors (Lipinski definition) is 1. The van der Waals surface area contributed by atoms with E-state index in [0.29, 0.717) is 5.69 Å². The van der Waals surface area contributed by atoms with E-state index in [4.69, 9.17) is 0 Å². The Hall–Kier alpha value is -1.58. The first-order valence-electron chi connectivity index (χ1n) is 3.66. The summed E-state index contributed by atoms with van der Waals surface area (Å²) >= 11 is 0. The molecule has 0 spiro atoms. The molecule has 4 heteroatoms. The fourth-order valence-corrected chi connectivity index (χ4v) is 1.13. The second-order valence-corrected chi connectivity index (χ2v) is 2.79. The van der Waals surface area contributed by atoms with Crippen LogP contribution in [0.1, 0.15) is 5.69 Å². The first-order valence-corrected chi connectivity index (χ1v) is 3.66. The van der Waals surface area contributed by atoms with E-state index in [2.05, 4.69) is 9.97 Å². The number of fused-ring (bicyclic) bond motifs is 1. The summed E-state index contributed by atoms with van der Waals surface area (Å²) in [4.78, 5) is 8.25. The van der Waals surface area contributed by atoms with E-state index in [0.717, 1.165) is 11.2 Å². The van der Waals surface area contributed by atoms with Crippen molar-refractivity contribution in [3.8, 4) is 5.75 Å². The summed E-state index contributed by atoms with van der Waals surface area (Å²) in [5.74, 6) is 0.196. The summed E-state index contributed by atoms with van der Waals surface area (Å²) in [6, 6.07) is 1.62. The van der Waals surface area contributed by atoms with E-state index >= 15 is 0 Å². The van der Waals surface area contributed by atoms with Crippen LogP contribution in [0.2, 0.25) is 0 Å². The Bertz CT molecular complexity index is 433. The standard InChI is InChI=1S/C8H9N3O/c1-5-7(12)3-6-8(10-5)11(2)4-9-6/h3-4,12H,1-2H3. The third-order valence-corrected chi connectivity index (χ3v) is 1.85. The van der Waals surface area contributed by atoms with Crippen molar-refractivity contribution in [2.45, 2.75) is 6.92 Å². The number of pyridine rings is 1. The minimum absolute atomic E-state index is 0.196. The highest BCUT2D eigenvalue weighted by molar-refractivity contribution is 5.72. The van der Waals surface area contributed by atoms with Crippen LogP contribution in [0.25, 0.3) is 11.2 Å². The first kappa shape index (κ1) is 7.09. The largest absolute Gasteiger partial charge is 0.506 e. The summed E-state index contributed by atoms with van der Waals surface area (Å²) in [6.45, 7) is 1.77. The van der Waals surface area contributed by atoms with Crippen molar-refractivity contribution in [3.63, 3.8) is 0 Å². The molecule has 0 aromatic carbocycles. The molecule has 12 heavy (non-hydrogen) atoms.